The largest absolute Gasteiger partial charge is 0.493 e. The zero-order valence-electron chi connectivity index (χ0n) is 20.3. The van der Waals surface area contributed by atoms with E-state index in [1.807, 2.05) is 42.5 Å². The highest BCUT2D eigenvalue weighted by Crippen LogP contribution is 2.30. The molecule has 1 aliphatic rings. The number of carboxylic acids is 1. The fourth-order valence-corrected chi connectivity index (χ4v) is 4.97. The molecule has 4 heterocycles. The molecule has 186 valence electrons. The van der Waals surface area contributed by atoms with Gasteiger partial charge in [-0.05, 0) is 65.8 Å². The number of hydrogen-bond donors (Lipinski definition) is 2. The van der Waals surface area contributed by atoms with Crippen LogP contribution >= 0.6 is 0 Å². The van der Waals surface area contributed by atoms with Crippen LogP contribution in [-0.4, -0.2) is 44.0 Å². The van der Waals surface area contributed by atoms with Crippen molar-refractivity contribution in [3.8, 4) is 5.75 Å². The number of aliphatic carboxylic acids is 1. The lowest BCUT2D eigenvalue weighted by Crippen LogP contribution is -2.16. The molecule has 2 aromatic carbocycles. The number of aryl methyl sites for hydroxylation is 1. The van der Waals surface area contributed by atoms with E-state index in [1.165, 1.54) is 5.56 Å². The van der Waals surface area contributed by atoms with Crippen molar-refractivity contribution in [2.45, 2.75) is 31.7 Å². The number of anilines is 1. The number of aromatic nitrogens is 4. The number of nitrogens with one attached hydrogen (secondary N) is 1. The van der Waals surface area contributed by atoms with Crippen LogP contribution in [0.15, 0.2) is 73.2 Å². The van der Waals surface area contributed by atoms with Crippen molar-refractivity contribution < 1.29 is 14.6 Å². The van der Waals surface area contributed by atoms with Crippen LogP contribution < -0.4 is 10.1 Å². The number of ether oxygens (including phenoxy) is 1. The van der Waals surface area contributed by atoms with Gasteiger partial charge in [-0.3, -0.25) is 14.5 Å². The highest BCUT2D eigenvalue weighted by molar-refractivity contribution is 5.83. The molecule has 0 amide bonds. The Morgan fingerprint density at radius 2 is 2.00 bits per heavy atom. The predicted molar refractivity (Wildman–Crippen MR) is 142 cm³/mol. The summed E-state index contributed by atoms with van der Waals surface area (Å²) in [6.07, 6.45) is 8.16. The molecular formula is C29H27N5O3. The summed E-state index contributed by atoms with van der Waals surface area (Å²) in [5.74, 6) is 0.863. The number of hydrogen-bond acceptors (Lipinski definition) is 6. The van der Waals surface area contributed by atoms with Crippen LogP contribution in [0.25, 0.3) is 21.7 Å². The standard InChI is InChI=1S/C29H27N5O3/c35-28(36)16-27(21-3-4-22-17-30-12-9-20(22)14-21)34-26-8-7-25(15-23(26)18-32-34)37-13-10-24-6-5-19-2-1-11-31-29(19)33-24/h3-9,12,14-15,17-18,27H,1-2,10-11,13,16H2,(H,31,33)(H,35,36). The second kappa shape index (κ2) is 9.89. The minimum Gasteiger partial charge on any atom is -0.493 e. The van der Waals surface area contributed by atoms with E-state index < -0.39 is 12.0 Å². The summed E-state index contributed by atoms with van der Waals surface area (Å²) >= 11 is 0. The van der Waals surface area contributed by atoms with Crippen LogP contribution in [0, 0.1) is 0 Å². The van der Waals surface area contributed by atoms with Gasteiger partial charge in [0.1, 0.15) is 11.6 Å². The molecule has 37 heavy (non-hydrogen) atoms. The zero-order chi connectivity index (χ0) is 25.2. The van der Waals surface area contributed by atoms with Crippen molar-refractivity contribution in [2.24, 2.45) is 0 Å². The first kappa shape index (κ1) is 23.0. The van der Waals surface area contributed by atoms with Crippen molar-refractivity contribution in [1.82, 2.24) is 19.7 Å². The van der Waals surface area contributed by atoms with Gasteiger partial charge in [-0.2, -0.15) is 5.10 Å². The Balaban J connectivity index is 1.21. The Morgan fingerprint density at radius 3 is 2.92 bits per heavy atom. The third kappa shape index (κ3) is 4.82. The second-order valence-corrected chi connectivity index (χ2v) is 9.34. The molecule has 2 N–H and O–H groups in total. The predicted octanol–water partition coefficient (Wildman–Crippen LogP) is 5.02. The van der Waals surface area contributed by atoms with Gasteiger partial charge in [0.05, 0.1) is 30.8 Å². The number of pyridine rings is 2. The summed E-state index contributed by atoms with van der Waals surface area (Å²) in [6, 6.07) is 17.5. The summed E-state index contributed by atoms with van der Waals surface area (Å²) in [5.41, 5.74) is 4.03. The van der Waals surface area contributed by atoms with Crippen molar-refractivity contribution in [3.63, 3.8) is 0 Å². The van der Waals surface area contributed by atoms with Crippen molar-refractivity contribution in [2.75, 3.05) is 18.5 Å². The maximum atomic E-state index is 11.8. The van der Waals surface area contributed by atoms with Crippen LogP contribution in [0.1, 0.15) is 35.7 Å². The van der Waals surface area contributed by atoms with Gasteiger partial charge in [0.2, 0.25) is 0 Å². The van der Waals surface area contributed by atoms with Gasteiger partial charge in [-0.1, -0.05) is 18.2 Å². The number of rotatable bonds is 8. The summed E-state index contributed by atoms with van der Waals surface area (Å²) in [6.45, 7) is 1.48. The first-order chi connectivity index (χ1) is 18.1. The molecule has 3 aromatic heterocycles. The molecular weight excluding hydrogens is 466 g/mol. The van der Waals surface area contributed by atoms with Gasteiger partial charge in [-0.15, -0.1) is 0 Å². The first-order valence-electron chi connectivity index (χ1n) is 12.5. The van der Waals surface area contributed by atoms with E-state index in [1.54, 1.807) is 23.3 Å². The second-order valence-electron chi connectivity index (χ2n) is 9.34. The smallest absolute Gasteiger partial charge is 0.305 e. The molecule has 0 radical (unpaired) electrons. The SMILES string of the molecule is O=C(O)CC(c1ccc2cnccc2c1)n1ncc2cc(OCCc3ccc4c(n3)NCCC4)ccc21. The number of carbonyl (C=O) groups is 1. The van der Waals surface area contributed by atoms with E-state index >= 15 is 0 Å². The number of carboxylic acid groups (broad SMARTS) is 1. The molecule has 0 fully saturated rings. The fourth-order valence-electron chi connectivity index (χ4n) is 4.97. The van der Waals surface area contributed by atoms with E-state index in [4.69, 9.17) is 9.72 Å². The molecule has 0 saturated heterocycles. The van der Waals surface area contributed by atoms with E-state index in [-0.39, 0.29) is 6.42 Å². The summed E-state index contributed by atoms with van der Waals surface area (Å²) in [4.78, 5) is 20.7. The highest BCUT2D eigenvalue weighted by atomic mass is 16.5. The Bertz CT molecular complexity index is 1600. The minimum absolute atomic E-state index is 0.0751. The van der Waals surface area contributed by atoms with Gasteiger partial charge in [0, 0.05) is 41.8 Å². The van der Waals surface area contributed by atoms with E-state index in [2.05, 4.69) is 27.5 Å². The molecule has 6 rings (SSSR count). The lowest BCUT2D eigenvalue weighted by molar-refractivity contribution is -0.137. The lowest BCUT2D eigenvalue weighted by atomic mass is 10.0. The molecule has 1 atom stereocenters. The number of fused-ring (bicyclic) bond motifs is 3. The normalized spacial score (nSPS) is 13.7. The Hall–Kier alpha value is -4.46. The molecule has 0 saturated carbocycles. The zero-order valence-corrected chi connectivity index (χ0v) is 20.3. The van der Waals surface area contributed by atoms with Crippen molar-refractivity contribution >= 4 is 33.5 Å². The molecule has 8 nitrogen and oxygen atoms in total. The van der Waals surface area contributed by atoms with E-state index in [9.17, 15) is 9.90 Å². The number of benzene rings is 2. The van der Waals surface area contributed by atoms with E-state index in [0.717, 1.165) is 63.9 Å². The van der Waals surface area contributed by atoms with Crippen LogP contribution in [0.4, 0.5) is 5.82 Å². The topological polar surface area (TPSA) is 102 Å². The summed E-state index contributed by atoms with van der Waals surface area (Å²) in [7, 11) is 0. The average molecular weight is 494 g/mol. The van der Waals surface area contributed by atoms with Crippen LogP contribution in [0.2, 0.25) is 0 Å². The van der Waals surface area contributed by atoms with Crippen LogP contribution in [0.5, 0.6) is 5.75 Å². The Morgan fingerprint density at radius 1 is 1.05 bits per heavy atom. The number of nitrogens with zero attached hydrogens (tertiary/aromatic N) is 4. The van der Waals surface area contributed by atoms with Crippen molar-refractivity contribution in [3.05, 3.63) is 90.0 Å². The molecule has 8 heteroatoms. The lowest BCUT2D eigenvalue weighted by Gasteiger charge is -2.18. The quantitative estimate of drug-likeness (QED) is 0.313. The molecule has 1 unspecified atom stereocenters. The first-order valence-corrected chi connectivity index (χ1v) is 12.5. The highest BCUT2D eigenvalue weighted by Gasteiger charge is 2.21. The van der Waals surface area contributed by atoms with Crippen LogP contribution in [0.3, 0.4) is 0 Å². The Labute approximate surface area is 213 Å². The average Bonchev–Trinajstić information content (AvgIpc) is 3.34. The van der Waals surface area contributed by atoms with Gasteiger partial charge in [-0.25, -0.2) is 4.98 Å². The molecule has 0 aliphatic carbocycles. The third-order valence-electron chi connectivity index (χ3n) is 6.86. The van der Waals surface area contributed by atoms with Gasteiger partial charge < -0.3 is 15.2 Å². The summed E-state index contributed by atoms with van der Waals surface area (Å²) < 4.78 is 7.82. The molecule has 1 aliphatic heterocycles. The van der Waals surface area contributed by atoms with Gasteiger partial charge in [0.15, 0.2) is 0 Å². The summed E-state index contributed by atoms with van der Waals surface area (Å²) in [5, 5.41) is 20.5. The molecule has 0 spiro atoms. The Kier molecular flexibility index (Phi) is 6.14. The fraction of sp³-hybridized carbons (Fsp3) is 0.241. The van der Waals surface area contributed by atoms with Crippen molar-refractivity contribution in [1.29, 1.82) is 0 Å². The van der Waals surface area contributed by atoms with Gasteiger partial charge >= 0.3 is 5.97 Å². The molecule has 0 bridgehead atoms. The maximum Gasteiger partial charge on any atom is 0.305 e. The third-order valence-corrected chi connectivity index (χ3v) is 6.86. The minimum atomic E-state index is -0.880. The maximum absolute atomic E-state index is 11.8. The van der Waals surface area contributed by atoms with Crippen LogP contribution in [-0.2, 0) is 17.6 Å². The molecule has 5 aromatic rings. The van der Waals surface area contributed by atoms with Gasteiger partial charge in [0.25, 0.3) is 0 Å². The monoisotopic (exact) mass is 493 g/mol. The van der Waals surface area contributed by atoms with E-state index in [0.29, 0.717) is 13.0 Å².